The van der Waals surface area contributed by atoms with Gasteiger partial charge in [0.25, 0.3) is 0 Å². The summed E-state index contributed by atoms with van der Waals surface area (Å²) in [6.45, 7) is 1.74. The van der Waals surface area contributed by atoms with E-state index in [0.29, 0.717) is 17.0 Å². The van der Waals surface area contributed by atoms with Crippen LogP contribution in [0.1, 0.15) is 27.4 Å². The van der Waals surface area contributed by atoms with Crippen molar-refractivity contribution < 1.29 is 22.8 Å². The van der Waals surface area contributed by atoms with Crippen LogP contribution in [0.2, 0.25) is 0 Å². The summed E-state index contributed by atoms with van der Waals surface area (Å²) < 4.78 is 31.2. The number of rotatable bonds is 6. The minimum absolute atomic E-state index is 0.00178. The summed E-state index contributed by atoms with van der Waals surface area (Å²) in [5.41, 5.74) is 1.11. The van der Waals surface area contributed by atoms with Crippen LogP contribution in [-0.2, 0) is 22.3 Å². The van der Waals surface area contributed by atoms with Crippen LogP contribution in [0.3, 0.4) is 0 Å². The lowest BCUT2D eigenvalue weighted by Crippen LogP contribution is -2.24. The van der Waals surface area contributed by atoms with Gasteiger partial charge in [0.2, 0.25) is 10.0 Å². The lowest BCUT2D eigenvalue weighted by Gasteiger charge is -2.06. The summed E-state index contributed by atoms with van der Waals surface area (Å²) in [4.78, 5) is 10.8. The van der Waals surface area contributed by atoms with Gasteiger partial charge in [-0.25, -0.2) is 17.9 Å². The zero-order valence-corrected chi connectivity index (χ0v) is 12.1. The van der Waals surface area contributed by atoms with Crippen molar-refractivity contribution >= 4 is 16.0 Å². The number of nitrogens with one attached hydrogen (secondary N) is 1. The first-order chi connectivity index (χ1) is 9.85. The van der Waals surface area contributed by atoms with Gasteiger partial charge in [-0.2, -0.15) is 0 Å². The average Bonchev–Trinajstić information content (AvgIpc) is 2.82. The molecule has 1 aromatic heterocycles. The second-order valence-electron chi connectivity index (χ2n) is 4.52. The third-order valence-electron chi connectivity index (χ3n) is 2.67. The second-order valence-corrected chi connectivity index (χ2v) is 6.33. The Morgan fingerprint density at radius 2 is 2.14 bits per heavy atom. The lowest BCUT2D eigenvalue weighted by atomic mass is 10.1. The van der Waals surface area contributed by atoms with E-state index in [2.05, 4.69) is 9.88 Å². The van der Waals surface area contributed by atoms with Crippen LogP contribution in [0.25, 0.3) is 0 Å². The number of aromatic carboxylic acids is 1. The molecule has 1 aromatic carbocycles. The zero-order chi connectivity index (χ0) is 15.5. The molecule has 0 aliphatic rings. The van der Waals surface area contributed by atoms with E-state index in [4.69, 9.17) is 9.63 Å². The minimum Gasteiger partial charge on any atom is -0.478 e. The molecule has 112 valence electrons. The molecular formula is C13H14N2O5S. The number of benzene rings is 1. The predicted molar refractivity (Wildman–Crippen MR) is 74.1 cm³/mol. The quantitative estimate of drug-likeness (QED) is 0.832. The molecule has 0 amide bonds. The largest absolute Gasteiger partial charge is 0.478 e. The summed E-state index contributed by atoms with van der Waals surface area (Å²) in [5, 5.41) is 12.5. The number of nitrogens with zero attached hydrogens (tertiary/aromatic N) is 1. The summed E-state index contributed by atoms with van der Waals surface area (Å²) in [7, 11) is -3.60. The Morgan fingerprint density at radius 1 is 1.38 bits per heavy atom. The molecule has 2 N–H and O–H groups in total. The summed E-state index contributed by atoms with van der Waals surface area (Å²) >= 11 is 0. The molecule has 7 nitrogen and oxygen atoms in total. The molecule has 8 heteroatoms. The van der Waals surface area contributed by atoms with Crippen molar-refractivity contribution in [1.29, 1.82) is 0 Å². The Bertz CT molecular complexity index is 751. The van der Waals surface area contributed by atoms with E-state index in [1.165, 1.54) is 18.2 Å². The van der Waals surface area contributed by atoms with Crippen molar-refractivity contribution in [2.45, 2.75) is 19.2 Å². The Balaban J connectivity index is 2.03. The minimum atomic E-state index is -3.60. The first kappa shape index (κ1) is 15.2. The van der Waals surface area contributed by atoms with E-state index in [0.717, 1.165) is 0 Å². The highest BCUT2D eigenvalue weighted by molar-refractivity contribution is 7.88. The van der Waals surface area contributed by atoms with Gasteiger partial charge in [0.15, 0.2) is 5.76 Å². The average molecular weight is 310 g/mol. The van der Waals surface area contributed by atoms with Crippen LogP contribution in [0.4, 0.5) is 0 Å². The highest BCUT2D eigenvalue weighted by atomic mass is 32.2. The van der Waals surface area contributed by atoms with Gasteiger partial charge >= 0.3 is 5.97 Å². The third kappa shape index (κ3) is 4.40. The Hall–Kier alpha value is -2.19. The Labute approximate surface area is 121 Å². The number of carboxylic acid groups (broad SMARTS) is 1. The van der Waals surface area contributed by atoms with Crippen LogP contribution >= 0.6 is 0 Å². The Morgan fingerprint density at radius 3 is 2.76 bits per heavy atom. The monoisotopic (exact) mass is 310 g/mol. The van der Waals surface area contributed by atoms with E-state index in [-0.39, 0.29) is 17.9 Å². The number of hydrogen-bond donors (Lipinski definition) is 2. The van der Waals surface area contributed by atoms with Crippen LogP contribution in [0, 0.1) is 6.92 Å². The molecule has 0 atom stereocenters. The van der Waals surface area contributed by atoms with E-state index in [1.54, 1.807) is 19.1 Å². The fourth-order valence-electron chi connectivity index (χ4n) is 1.75. The molecule has 0 fully saturated rings. The van der Waals surface area contributed by atoms with Gasteiger partial charge in [-0.1, -0.05) is 17.3 Å². The molecule has 0 bridgehead atoms. The lowest BCUT2D eigenvalue weighted by molar-refractivity contribution is 0.0696. The number of aromatic nitrogens is 1. The second kappa shape index (κ2) is 6.06. The maximum absolute atomic E-state index is 11.9. The number of carbonyl (C=O) groups is 1. The molecule has 2 rings (SSSR count). The van der Waals surface area contributed by atoms with Gasteiger partial charge in [0.05, 0.1) is 23.6 Å². The van der Waals surface area contributed by atoms with Gasteiger partial charge < -0.3 is 9.63 Å². The fourth-order valence-corrected chi connectivity index (χ4v) is 2.83. The van der Waals surface area contributed by atoms with Crippen molar-refractivity contribution in [2.24, 2.45) is 0 Å². The highest BCUT2D eigenvalue weighted by Crippen LogP contribution is 2.10. The predicted octanol–water partition coefficient (Wildman–Crippen LogP) is 1.30. The van der Waals surface area contributed by atoms with Gasteiger partial charge in [0, 0.05) is 6.07 Å². The van der Waals surface area contributed by atoms with Crippen LogP contribution < -0.4 is 4.72 Å². The fraction of sp³-hybridized carbons (Fsp3) is 0.231. The molecule has 0 saturated heterocycles. The summed E-state index contributed by atoms with van der Waals surface area (Å²) in [6, 6.07) is 7.44. The highest BCUT2D eigenvalue weighted by Gasteiger charge is 2.14. The maximum atomic E-state index is 11.9. The first-order valence-electron chi connectivity index (χ1n) is 6.07. The van der Waals surface area contributed by atoms with Crippen LogP contribution in [0.5, 0.6) is 0 Å². The number of carboxylic acids is 1. The van der Waals surface area contributed by atoms with Crippen molar-refractivity contribution in [3.8, 4) is 0 Å². The zero-order valence-electron chi connectivity index (χ0n) is 11.2. The van der Waals surface area contributed by atoms with E-state index < -0.39 is 16.0 Å². The van der Waals surface area contributed by atoms with Gasteiger partial charge in [-0.05, 0) is 24.6 Å². The van der Waals surface area contributed by atoms with Crippen LogP contribution in [-0.4, -0.2) is 24.7 Å². The molecule has 1 heterocycles. The molecular weight excluding hydrogens is 296 g/mol. The first-order valence-corrected chi connectivity index (χ1v) is 7.73. The van der Waals surface area contributed by atoms with Gasteiger partial charge in [0.1, 0.15) is 0 Å². The number of sulfonamides is 1. The van der Waals surface area contributed by atoms with Crippen molar-refractivity contribution in [2.75, 3.05) is 0 Å². The molecule has 0 aliphatic heterocycles. The smallest absolute Gasteiger partial charge is 0.335 e. The normalized spacial score (nSPS) is 11.5. The molecule has 0 aliphatic carbocycles. The molecule has 2 aromatic rings. The van der Waals surface area contributed by atoms with E-state index in [9.17, 15) is 13.2 Å². The van der Waals surface area contributed by atoms with Gasteiger partial charge in [-0.3, -0.25) is 0 Å². The van der Waals surface area contributed by atoms with Crippen molar-refractivity contribution in [1.82, 2.24) is 9.88 Å². The van der Waals surface area contributed by atoms with Crippen molar-refractivity contribution in [3.63, 3.8) is 0 Å². The summed E-state index contributed by atoms with van der Waals surface area (Å²) in [5.74, 6) is -0.990. The Kier molecular flexibility index (Phi) is 4.39. The standard InChI is InChI=1S/C13H14N2O5S/c1-9-5-12(20-15-9)7-14-21(18,19)8-10-3-2-4-11(6-10)13(16)17/h2-6,14H,7-8H2,1H3,(H,16,17). The van der Waals surface area contributed by atoms with Gasteiger partial charge in [-0.15, -0.1) is 0 Å². The van der Waals surface area contributed by atoms with Crippen LogP contribution in [0.15, 0.2) is 34.9 Å². The molecule has 21 heavy (non-hydrogen) atoms. The molecule has 0 radical (unpaired) electrons. The molecule has 0 spiro atoms. The maximum Gasteiger partial charge on any atom is 0.335 e. The molecule has 0 unspecified atom stereocenters. The number of aryl methyl sites for hydroxylation is 1. The SMILES string of the molecule is Cc1cc(CNS(=O)(=O)Cc2cccc(C(=O)O)c2)on1. The van der Waals surface area contributed by atoms with E-state index >= 15 is 0 Å². The van der Waals surface area contributed by atoms with Crippen molar-refractivity contribution in [3.05, 3.63) is 52.9 Å². The summed E-state index contributed by atoms with van der Waals surface area (Å²) in [6.07, 6.45) is 0. The number of hydrogen-bond acceptors (Lipinski definition) is 5. The van der Waals surface area contributed by atoms with E-state index in [1.807, 2.05) is 0 Å². The third-order valence-corrected chi connectivity index (χ3v) is 3.97. The molecule has 0 saturated carbocycles. The topological polar surface area (TPSA) is 110 Å².